The third-order valence-electron chi connectivity index (χ3n) is 1.03. The van der Waals surface area contributed by atoms with Crippen molar-refractivity contribution in [3.63, 3.8) is 0 Å². The lowest BCUT2D eigenvalue weighted by Gasteiger charge is -2.24. The average Bonchev–Trinajstić information content (AvgIpc) is 1.84. The third-order valence-corrected chi connectivity index (χ3v) is 1.03. The van der Waals surface area contributed by atoms with Gasteiger partial charge in [-0.1, -0.05) is 0 Å². The molecule has 3 heteroatoms. The molecule has 0 amide bonds. The van der Waals surface area contributed by atoms with Crippen LogP contribution in [0.5, 0.6) is 0 Å². The fraction of sp³-hybridized carbons (Fsp3) is 1.00. The highest BCUT2D eigenvalue weighted by atomic mass is 16.7. The van der Waals surface area contributed by atoms with Gasteiger partial charge in [-0.3, -0.25) is 0 Å². The number of rotatable bonds is 5. The van der Waals surface area contributed by atoms with E-state index in [1.165, 1.54) is 0 Å². The lowest BCUT2D eigenvalue weighted by molar-refractivity contribution is -0.214. The van der Waals surface area contributed by atoms with Crippen molar-refractivity contribution in [3.05, 3.63) is 0 Å². The molecule has 0 aromatic carbocycles. The number of hydrogen-bond donors (Lipinski definition) is 1. The van der Waals surface area contributed by atoms with Gasteiger partial charge in [-0.2, -0.15) is 0 Å². The maximum absolute atomic E-state index is 8.42. The molecule has 1 N–H and O–H groups in total. The van der Waals surface area contributed by atoms with E-state index in [0.717, 1.165) is 0 Å². The van der Waals surface area contributed by atoms with Gasteiger partial charge in [-0.15, -0.1) is 0 Å². The van der Waals surface area contributed by atoms with Gasteiger partial charge in [0.1, 0.15) is 0 Å². The van der Waals surface area contributed by atoms with Crippen molar-refractivity contribution in [2.45, 2.75) is 26.6 Å². The van der Waals surface area contributed by atoms with Gasteiger partial charge in [-0.25, -0.2) is 0 Å². The van der Waals surface area contributed by atoms with Crippen molar-refractivity contribution < 1.29 is 14.6 Å². The first-order valence-corrected chi connectivity index (χ1v) is 3.51. The first-order valence-electron chi connectivity index (χ1n) is 3.51. The normalized spacial score (nSPS) is 12.0. The molecule has 0 rings (SSSR count). The lowest BCUT2D eigenvalue weighted by Crippen LogP contribution is -2.29. The van der Waals surface area contributed by atoms with Crippen LogP contribution in [0.25, 0.3) is 0 Å². The van der Waals surface area contributed by atoms with Gasteiger partial charge < -0.3 is 14.6 Å². The number of ether oxygens (including phenoxy) is 2. The molecule has 0 aliphatic carbocycles. The van der Waals surface area contributed by atoms with Gasteiger partial charge in [0.2, 0.25) is 0 Å². The van der Waals surface area contributed by atoms with Crippen molar-refractivity contribution in [1.82, 2.24) is 0 Å². The topological polar surface area (TPSA) is 38.7 Å². The van der Waals surface area contributed by atoms with Crippen molar-refractivity contribution in [2.24, 2.45) is 0 Å². The average molecular weight is 148 g/mol. The maximum Gasteiger partial charge on any atom is 0.162 e. The summed E-state index contributed by atoms with van der Waals surface area (Å²) >= 11 is 0. The van der Waals surface area contributed by atoms with Crippen LogP contribution in [-0.2, 0) is 9.47 Å². The predicted molar refractivity (Wildman–Crippen MR) is 38.7 cm³/mol. The second-order valence-electron chi connectivity index (χ2n) is 2.40. The summed E-state index contributed by atoms with van der Waals surface area (Å²) in [5.41, 5.74) is 0. The summed E-state index contributed by atoms with van der Waals surface area (Å²) < 4.78 is 10.3. The molecule has 0 aliphatic heterocycles. The van der Waals surface area contributed by atoms with E-state index in [4.69, 9.17) is 14.6 Å². The summed E-state index contributed by atoms with van der Waals surface area (Å²) in [6, 6.07) is 0. The highest BCUT2D eigenvalue weighted by Gasteiger charge is 2.16. The Morgan fingerprint density at radius 2 is 1.90 bits per heavy atom. The standard InChI is InChI=1S/C7H16O3/c1-4-9-7(2,3)10-6-5-8/h8H,4-6H2,1-3H3. The number of aliphatic hydroxyl groups excluding tert-OH is 1. The Kier molecular flexibility index (Phi) is 4.60. The van der Waals surface area contributed by atoms with Gasteiger partial charge >= 0.3 is 0 Å². The smallest absolute Gasteiger partial charge is 0.162 e. The molecule has 0 unspecified atom stereocenters. The van der Waals surface area contributed by atoms with Crippen LogP contribution < -0.4 is 0 Å². The Bertz CT molecular complexity index is 80.9. The molecule has 0 saturated heterocycles. The summed E-state index contributed by atoms with van der Waals surface area (Å²) in [5, 5.41) is 8.42. The SMILES string of the molecule is CCOC(C)(C)OCCO. The molecule has 0 radical (unpaired) electrons. The molecular weight excluding hydrogens is 132 g/mol. The third kappa shape index (κ3) is 4.73. The van der Waals surface area contributed by atoms with Crippen molar-refractivity contribution in [1.29, 1.82) is 0 Å². The van der Waals surface area contributed by atoms with E-state index in [1.54, 1.807) is 0 Å². The molecule has 0 bridgehead atoms. The van der Waals surface area contributed by atoms with E-state index < -0.39 is 5.79 Å². The molecule has 62 valence electrons. The summed E-state index contributed by atoms with van der Waals surface area (Å²) in [4.78, 5) is 0. The molecule has 0 saturated carbocycles. The zero-order chi connectivity index (χ0) is 8.04. The van der Waals surface area contributed by atoms with Crippen LogP contribution in [-0.4, -0.2) is 30.7 Å². The Morgan fingerprint density at radius 3 is 2.30 bits per heavy atom. The molecule has 3 nitrogen and oxygen atoms in total. The van der Waals surface area contributed by atoms with Gasteiger partial charge in [-0.05, 0) is 20.8 Å². The second kappa shape index (κ2) is 4.66. The molecule has 10 heavy (non-hydrogen) atoms. The van der Waals surface area contributed by atoms with Crippen molar-refractivity contribution in [2.75, 3.05) is 19.8 Å². The Balaban J connectivity index is 3.42. The highest BCUT2D eigenvalue weighted by Crippen LogP contribution is 2.09. The number of hydrogen-bond acceptors (Lipinski definition) is 3. The summed E-state index contributed by atoms with van der Waals surface area (Å²) in [6.45, 7) is 6.55. The molecular formula is C7H16O3. The quantitative estimate of drug-likeness (QED) is 0.585. The van der Waals surface area contributed by atoms with Gasteiger partial charge in [0.15, 0.2) is 5.79 Å². The minimum absolute atomic E-state index is 0.0382. The highest BCUT2D eigenvalue weighted by molar-refractivity contribution is 4.51. The van der Waals surface area contributed by atoms with Gasteiger partial charge in [0.05, 0.1) is 13.2 Å². The first kappa shape index (κ1) is 9.88. The Labute approximate surface area is 62.0 Å². The Hall–Kier alpha value is -0.120. The molecule has 0 atom stereocenters. The zero-order valence-electron chi connectivity index (χ0n) is 6.89. The predicted octanol–water partition coefficient (Wildman–Crippen LogP) is 0.768. The molecule has 0 aromatic heterocycles. The molecule has 0 fully saturated rings. The van der Waals surface area contributed by atoms with Gasteiger partial charge in [0.25, 0.3) is 0 Å². The van der Waals surface area contributed by atoms with E-state index >= 15 is 0 Å². The summed E-state index contributed by atoms with van der Waals surface area (Å²) in [6.07, 6.45) is 0. The first-order chi connectivity index (χ1) is 4.62. The van der Waals surface area contributed by atoms with Crippen LogP contribution in [0.2, 0.25) is 0 Å². The Morgan fingerprint density at radius 1 is 1.30 bits per heavy atom. The molecule has 0 aromatic rings. The summed E-state index contributed by atoms with van der Waals surface area (Å²) in [5.74, 6) is -0.558. The van der Waals surface area contributed by atoms with Gasteiger partial charge in [0, 0.05) is 6.61 Å². The van der Waals surface area contributed by atoms with E-state index in [0.29, 0.717) is 13.2 Å². The molecule has 0 aliphatic rings. The van der Waals surface area contributed by atoms with Crippen LogP contribution in [0.15, 0.2) is 0 Å². The van der Waals surface area contributed by atoms with E-state index in [9.17, 15) is 0 Å². The van der Waals surface area contributed by atoms with Crippen molar-refractivity contribution in [3.8, 4) is 0 Å². The molecule has 0 spiro atoms. The largest absolute Gasteiger partial charge is 0.394 e. The van der Waals surface area contributed by atoms with Crippen LogP contribution in [0.4, 0.5) is 0 Å². The minimum Gasteiger partial charge on any atom is -0.394 e. The van der Waals surface area contributed by atoms with Crippen LogP contribution >= 0.6 is 0 Å². The number of aliphatic hydroxyl groups is 1. The molecule has 0 heterocycles. The van der Waals surface area contributed by atoms with Crippen LogP contribution in [0.3, 0.4) is 0 Å². The van der Waals surface area contributed by atoms with Crippen LogP contribution in [0, 0.1) is 0 Å². The fourth-order valence-electron chi connectivity index (χ4n) is 0.681. The summed E-state index contributed by atoms with van der Waals surface area (Å²) in [7, 11) is 0. The minimum atomic E-state index is -0.558. The fourth-order valence-corrected chi connectivity index (χ4v) is 0.681. The lowest BCUT2D eigenvalue weighted by atomic mass is 10.4. The van der Waals surface area contributed by atoms with E-state index in [-0.39, 0.29) is 6.61 Å². The zero-order valence-corrected chi connectivity index (χ0v) is 6.89. The van der Waals surface area contributed by atoms with Crippen LogP contribution in [0.1, 0.15) is 20.8 Å². The second-order valence-corrected chi connectivity index (χ2v) is 2.40. The maximum atomic E-state index is 8.42. The van der Waals surface area contributed by atoms with E-state index in [1.807, 2.05) is 20.8 Å². The van der Waals surface area contributed by atoms with Crippen molar-refractivity contribution >= 4 is 0 Å². The monoisotopic (exact) mass is 148 g/mol. The van der Waals surface area contributed by atoms with E-state index in [2.05, 4.69) is 0 Å².